The lowest BCUT2D eigenvalue weighted by molar-refractivity contribution is -0.140. The number of esters is 1. The highest BCUT2D eigenvalue weighted by Gasteiger charge is 2.23. The van der Waals surface area contributed by atoms with Gasteiger partial charge in [0.1, 0.15) is 0 Å². The summed E-state index contributed by atoms with van der Waals surface area (Å²) in [5.74, 6) is -0.192. The second kappa shape index (κ2) is 7.93. The van der Waals surface area contributed by atoms with E-state index >= 15 is 0 Å². The highest BCUT2D eigenvalue weighted by molar-refractivity contribution is 6.30. The average molecular weight is 363 g/mol. The summed E-state index contributed by atoms with van der Waals surface area (Å²) in [4.78, 5) is 14.0. The molecule has 0 aliphatic carbocycles. The fourth-order valence-electron chi connectivity index (χ4n) is 3.25. The highest BCUT2D eigenvalue weighted by Crippen LogP contribution is 2.37. The van der Waals surface area contributed by atoms with Crippen LogP contribution < -0.4 is 4.90 Å². The molecule has 0 unspecified atom stereocenters. The summed E-state index contributed by atoms with van der Waals surface area (Å²) in [5.41, 5.74) is 4.58. The third-order valence-corrected chi connectivity index (χ3v) is 4.81. The molecule has 134 valence electrons. The number of aryl methyl sites for hydroxylation is 1. The first-order valence-electron chi connectivity index (χ1n) is 8.44. The minimum atomic E-state index is -0.192. The van der Waals surface area contributed by atoms with Crippen molar-refractivity contribution in [2.75, 3.05) is 38.3 Å². The topological polar surface area (TPSA) is 43.7 Å². The van der Waals surface area contributed by atoms with Crippen LogP contribution in [-0.4, -0.2) is 43.9 Å². The van der Waals surface area contributed by atoms with Crippen molar-refractivity contribution >= 4 is 23.3 Å². The molecule has 0 radical (unpaired) electrons. The summed E-state index contributed by atoms with van der Waals surface area (Å²) in [6.45, 7) is 3.11. The molecule has 2 aromatic rings. The molecule has 1 fully saturated rings. The monoisotopic (exact) mass is 362 g/mol. The number of nitrogens with zero attached hydrogens (tertiary/aromatic N) is 2. The van der Waals surface area contributed by atoms with E-state index in [9.17, 15) is 4.79 Å². The Kier molecular flexibility index (Phi) is 5.66. The first-order chi connectivity index (χ1) is 12.1. The molecule has 0 saturated carbocycles. The van der Waals surface area contributed by atoms with Crippen LogP contribution in [0.15, 0.2) is 30.5 Å². The SMILES string of the molecule is COC(=O)CCc1c(N2CCOCC2)c(-c2ccc(Cl)cc2)cn1C. The van der Waals surface area contributed by atoms with E-state index in [4.69, 9.17) is 21.1 Å². The molecule has 1 aliphatic rings. The first-order valence-corrected chi connectivity index (χ1v) is 8.81. The van der Waals surface area contributed by atoms with Crippen LogP contribution in [0, 0.1) is 0 Å². The van der Waals surface area contributed by atoms with Crippen LogP contribution in [-0.2, 0) is 27.7 Å². The van der Waals surface area contributed by atoms with Gasteiger partial charge in [-0.1, -0.05) is 23.7 Å². The molecule has 2 heterocycles. The van der Waals surface area contributed by atoms with Gasteiger partial charge in [-0.15, -0.1) is 0 Å². The quantitative estimate of drug-likeness (QED) is 0.765. The zero-order valence-electron chi connectivity index (χ0n) is 14.6. The number of halogens is 1. The molecule has 0 N–H and O–H groups in total. The summed E-state index contributed by atoms with van der Waals surface area (Å²) in [6, 6.07) is 7.87. The number of benzene rings is 1. The summed E-state index contributed by atoms with van der Waals surface area (Å²) in [7, 11) is 3.45. The van der Waals surface area contributed by atoms with Gasteiger partial charge in [0.25, 0.3) is 0 Å². The molecular formula is C19H23ClN2O3. The van der Waals surface area contributed by atoms with E-state index in [0.717, 1.165) is 34.9 Å². The van der Waals surface area contributed by atoms with Gasteiger partial charge in [0.05, 0.1) is 32.4 Å². The Hall–Kier alpha value is -1.98. The van der Waals surface area contributed by atoms with Crippen molar-refractivity contribution in [1.29, 1.82) is 0 Å². The average Bonchev–Trinajstić information content (AvgIpc) is 2.97. The Bertz CT molecular complexity index is 734. The van der Waals surface area contributed by atoms with Gasteiger partial charge in [0.15, 0.2) is 0 Å². The van der Waals surface area contributed by atoms with Gasteiger partial charge in [0.2, 0.25) is 0 Å². The molecule has 0 spiro atoms. The number of ether oxygens (including phenoxy) is 2. The standard InChI is InChI=1S/C19H23ClN2O3/c1-21-13-16(14-3-5-15(20)6-4-14)19(22-9-11-25-12-10-22)17(21)7-8-18(23)24-2/h3-6,13H,7-12H2,1-2H3. The van der Waals surface area contributed by atoms with Crippen LogP contribution in [0.3, 0.4) is 0 Å². The van der Waals surface area contributed by atoms with Gasteiger partial charge in [-0.3, -0.25) is 4.79 Å². The lowest BCUT2D eigenvalue weighted by Gasteiger charge is -2.30. The number of carbonyl (C=O) groups is 1. The third-order valence-electron chi connectivity index (χ3n) is 4.55. The van der Waals surface area contributed by atoms with Gasteiger partial charge in [-0.25, -0.2) is 0 Å². The number of carbonyl (C=O) groups excluding carboxylic acids is 1. The van der Waals surface area contributed by atoms with Gasteiger partial charge in [-0.2, -0.15) is 0 Å². The lowest BCUT2D eigenvalue weighted by Crippen LogP contribution is -2.37. The second-order valence-corrected chi connectivity index (χ2v) is 6.57. The Morgan fingerprint density at radius 2 is 1.92 bits per heavy atom. The van der Waals surface area contributed by atoms with E-state index in [1.54, 1.807) is 0 Å². The van der Waals surface area contributed by atoms with Gasteiger partial charge < -0.3 is 18.9 Å². The molecular weight excluding hydrogens is 340 g/mol. The number of aromatic nitrogens is 1. The van der Waals surface area contributed by atoms with E-state index in [-0.39, 0.29) is 5.97 Å². The Labute approximate surface area is 153 Å². The van der Waals surface area contributed by atoms with Gasteiger partial charge >= 0.3 is 5.97 Å². The fourth-order valence-corrected chi connectivity index (χ4v) is 3.38. The number of hydrogen-bond acceptors (Lipinski definition) is 4. The second-order valence-electron chi connectivity index (χ2n) is 6.13. The largest absolute Gasteiger partial charge is 0.469 e. The molecule has 5 nitrogen and oxygen atoms in total. The van der Waals surface area contributed by atoms with E-state index in [0.29, 0.717) is 26.1 Å². The Morgan fingerprint density at radius 3 is 2.56 bits per heavy atom. The van der Waals surface area contributed by atoms with Crippen LogP contribution in [0.1, 0.15) is 12.1 Å². The molecule has 1 aliphatic heterocycles. The Balaban J connectivity index is 2.01. The van der Waals surface area contributed by atoms with Crippen LogP contribution >= 0.6 is 11.6 Å². The molecule has 1 aromatic carbocycles. The van der Waals surface area contributed by atoms with E-state index in [2.05, 4.69) is 15.7 Å². The summed E-state index contributed by atoms with van der Waals surface area (Å²) in [6.07, 6.45) is 3.13. The maximum absolute atomic E-state index is 11.6. The van der Waals surface area contributed by atoms with Crippen molar-refractivity contribution in [1.82, 2.24) is 4.57 Å². The molecule has 0 bridgehead atoms. The van der Waals surface area contributed by atoms with Crippen molar-refractivity contribution in [3.05, 3.63) is 41.2 Å². The van der Waals surface area contributed by atoms with Crippen LogP contribution in [0.4, 0.5) is 5.69 Å². The smallest absolute Gasteiger partial charge is 0.305 e. The zero-order valence-corrected chi connectivity index (χ0v) is 15.4. The normalized spacial score (nSPS) is 14.6. The minimum Gasteiger partial charge on any atom is -0.469 e. The maximum atomic E-state index is 11.6. The van der Waals surface area contributed by atoms with Crippen LogP contribution in [0.2, 0.25) is 5.02 Å². The predicted molar refractivity (Wildman–Crippen MR) is 99.2 cm³/mol. The molecule has 1 saturated heterocycles. The lowest BCUT2D eigenvalue weighted by atomic mass is 10.0. The fraction of sp³-hybridized carbons (Fsp3) is 0.421. The van der Waals surface area contributed by atoms with Crippen molar-refractivity contribution < 1.29 is 14.3 Å². The first kappa shape index (κ1) is 17.8. The van der Waals surface area contributed by atoms with Gasteiger partial charge in [0, 0.05) is 49.0 Å². The van der Waals surface area contributed by atoms with Crippen molar-refractivity contribution in [2.45, 2.75) is 12.8 Å². The maximum Gasteiger partial charge on any atom is 0.305 e. The van der Waals surface area contributed by atoms with Crippen molar-refractivity contribution in [3.63, 3.8) is 0 Å². The molecule has 6 heteroatoms. The van der Waals surface area contributed by atoms with Crippen LogP contribution in [0.5, 0.6) is 0 Å². The van der Waals surface area contributed by atoms with Crippen molar-refractivity contribution in [3.8, 4) is 11.1 Å². The Morgan fingerprint density at radius 1 is 1.24 bits per heavy atom. The number of rotatable bonds is 5. The van der Waals surface area contributed by atoms with Crippen LogP contribution in [0.25, 0.3) is 11.1 Å². The van der Waals surface area contributed by atoms with E-state index < -0.39 is 0 Å². The number of anilines is 1. The number of methoxy groups -OCH3 is 1. The predicted octanol–water partition coefficient (Wildman–Crippen LogP) is 3.29. The van der Waals surface area contributed by atoms with Crippen molar-refractivity contribution in [2.24, 2.45) is 7.05 Å². The highest BCUT2D eigenvalue weighted by atomic mass is 35.5. The molecule has 0 atom stereocenters. The number of hydrogen-bond donors (Lipinski definition) is 0. The molecule has 3 rings (SSSR count). The number of morpholine rings is 1. The van der Waals surface area contributed by atoms with Gasteiger partial charge in [-0.05, 0) is 17.7 Å². The molecule has 25 heavy (non-hydrogen) atoms. The summed E-state index contributed by atoms with van der Waals surface area (Å²) in [5, 5.41) is 0.721. The third kappa shape index (κ3) is 3.99. The summed E-state index contributed by atoms with van der Waals surface area (Å²) >= 11 is 6.04. The summed E-state index contributed by atoms with van der Waals surface area (Å²) < 4.78 is 12.4. The van der Waals surface area contributed by atoms with E-state index in [1.165, 1.54) is 12.8 Å². The zero-order chi connectivity index (χ0) is 17.8. The molecule has 0 amide bonds. The minimum absolute atomic E-state index is 0.192. The van der Waals surface area contributed by atoms with E-state index in [1.807, 2.05) is 31.3 Å². The molecule has 1 aromatic heterocycles.